The molecule has 0 saturated carbocycles. The Labute approximate surface area is 99.3 Å². The summed E-state index contributed by atoms with van der Waals surface area (Å²) in [6, 6.07) is 4.00. The van der Waals surface area contributed by atoms with E-state index in [4.69, 9.17) is 4.52 Å². The Morgan fingerprint density at radius 2 is 2.35 bits per heavy atom. The summed E-state index contributed by atoms with van der Waals surface area (Å²) in [6.07, 6.45) is 6.97. The molecule has 1 saturated heterocycles. The van der Waals surface area contributed by atoms with Gasteiger partial charge in [-0.15, -0.1) is 0 Å². The summed E-state index contributed by atoms with van der Waals surface area (Å²) in [5.74, 6) is 1.30. The van der Waals surface area contributed by atoms with Gasteiger partial charge >= 0.3 is 0 Å². The topological polar surface area (TPSA) is 63.8 Å². The molecule has 0 aliphatic carbocycles. The Morgan fingerprint density at radius 3 is 3.12 bits per heavy atom. The van der Waals surface area contributed by atoms with Crippen molar-refractivity contribution in [3.8, 4) is 11.4 Å². The van der Waals surface area contributed by atoms with Crippen LogP contribution in [0.15, 0.2) is 29.0 Å². The third kappa shape index (κ3) is 2.19. The lowest BCUT2D eigenvalue weighted by Crippen LogP contribution is -2.26. The molecule has 3 heterocycles. The van der Waals surface area contributed by atoms with E-state index in [1.165, 1.54) is 12.8 Å². The lowest BCUT2D eigenvalue weighted by Gasteiger charge is -2.19. The van der Waals surface area contributed by atoms with Gasteiger partial charge in [0.15, 0.2) is 0 Å². The number of nitrogens with zero attached hydrogens (tertiary/aromatic N) is 3. The van der Waals surface area contributed by atoms with Gasteiger partial charge in [0.05, 0.1) is 6.04 Å². The molecule has 17 heavy (non-hydrogen) atoms. The standard InChI is InChI=1S/C12H14N4O/c1-2-7-14-10(5-1)12-15-11(16-17-12)9-4-3-6-13-8-9/h3-4,6,8,10,14H,1-2,5,7H2. The van der Waals surface area contributed by atoms with Gasteiger partial charge in [-0.05, 0) is 31.5 Å². The van der Waals surface area contributed by atoms with Gasteiger partial charge in [-0.1, -0.05) is 11.6 Å². The van der Waals surface area contributed by atoms with Gasteiger partial charge in [0.25, 0.3) is 0 Å². The second-order valence-corrected chi connectivity index (χ2v) is 4.20. The lowest BCUT2D eigenvalue weighted by molar-refractivity contribution is 0.297. The molecule has 0 spiro atoms. The molecule has 3 rings (SSSR count). The summed E-state index contributed by atoms with van der Waals surface area (Å²) < 4.78 is 5.31. The average Bonchev–Trinajstić information content (AvgIpc) is 2.90. The number of hydrogen-bond acceptors (Lipinski definition) is 5. The molecular formula is C12H14N4O. The number of rotatable bonds is 2. The maximum absolute atomic E-state index is 5.31. The molecule has 5 nitrogen and oxygen atoms in total. The lowest BCUT2D eigenvalue weighted by atomic mass is 10.1. The molecule has 1 unspecified atom stereocenters. The molecule has 1 aliphatic rings. The van der Waals surface area contributed by atoms with E-state index in [0.717, 1.165) is 18.5 Å². The van der Waals surface area contributed by atoms with Crippen LogP contribution in [0.5, 0.6) is 0 Å². The Kier molecular flexibility index (Phi) is 2.83. The predicted octanol–water partition coefficient (Wildman–Crippen LogP) is 1.95. The Balaban J connectivity index is 1.83. The zero-order chi connectivity index (χ0) is 11.5. The second-order valence-electron chi connectivity index (χ2n) is 4.20. The first-order valence-corrected chi connectivity index (χ1v) is 5.91. The molecule has 1 aliphatic heterocycles. The second kappa shape index (κ2) is 4.63. The van der Waals surface area contributed by atoms with Gasteiger partial charge in [0, 0.05) is 18.0 Å². The van der Waals surface area contributed by atoms with Crippen LogP contribution in [0.4, 0.5) is 0 Å². The molecule has 88 valence electrons. The number of pyridine rings is 1. The Bertz CT molecular complexity index is 476. The molecule has 1 N–H and O–H groups in total. The summed E-state index contributed by atoms with van der Waals surface area (Å²) in [5.41, 5.74) is 0.887. The normalized spacial score (nSPS) is 20.4. The zero-order valence-electron chi connectivity index (χ0n) is 9.47. The van der Waals surface area contributed by atoms with Crippen LogP contribution in [0.2, 0.25) is 0 Å². The van der Waals surface area contributed by atoms with Crippen molar-refractivity contribution in [1.29, 1.82) is 0 Å². The largest absolute Gasteiger partial charge is 0.337 e. The first-order chi connectivity index (χ1) is 8.43. The average molecular weight is 230 g/mol. The van der Waals surface area contributed by atoms with Gasteiger partial charge < -0.3 is 9.84 Å². The number of hydrogen-bond donors (Lipinski definition) is 1. The first-order valence-electron chi connectivity index (χ1n) is 5.91. The molecule has 5 heteroatoms. The highest BCUT2D eigenvalue weighted by Crippen LogP contribution is 2.23. The van der Waals surface area contributed by atoms with Crippen LogP contribution in [0.1, 0.15) is 31.2 Å². The molecule has 0 amide bonds. The van der Waals surface area contributed by atoms with Gasteiger partial charge in [-0.25, -0.2) is 0 Å². The molecule has 0 radical (unpaired) electrons. The fourth-order valence-electron chi connectivity index (χ4n) is 2.05. The van der Waals surface area contributed by atoms with Crippen molar-refractivity contribution >= 4 is 0 Å². The minimum Gasteiger partial charge on any atom is -0.337 e. The van der Waals surface area contributed by atoms with Gasteiger partial charge in [0.2, 0.25) is 11.7 Å². The van der Waals surface area contributed by atoms with Crippen LogP contribution in [0, 0.1) is 0 Å². The summed E-state index contributed by atoms with van der Waals surface area (Å²) in [5, 5.41) is 7.38. The van der Waals surface area contributed by atoms with Crippen LogP contribution < -0.4 is 5.32 Å². The minimum absolute atomic E-state index is 0.210. The van der Waals surface area contributed by atoms with Crippen molar-refractivity contribution < 1.29 is 4.52 Å². The Morgan fingerprint density at radius 1 is 1.35 bits per heavy atom. The molecule has 0 aromatic carbocycles. The smallest absolute Gasteiger partial charge is 0.244 e. The van der Waals surface area contributed by atoms with Crippen LogP contribution in [-0.4, -0.2) is 21.7 Å². The maximum Gasteiger partial charge on any atom is 0.244 e. The highest BCUT2D eigenvalue weighted by molar-refractivity contribution is 5.51. The number of nitrogens with one attached hydrogen (secondary N) is 1. The summed E-state index contributed by atoms with van der Waals surface area (Å²) in [4.78, 5) is 8.47. The maximum atomic E-state index is 5.31. The quantitative estimate of drug-likeness (QED) is 0.854. The van der Waals surface area contributed by atoms with Gasteiger partial charge in [0.1, 0.15) is 0 Å². The zero-order valence-corrected chi connectivity index (χ0v) is 9.47. The van der Waals surface area contributed by atoms with Gasteiger partial charge in [-0.3, -0.25) is 4.98 Å². The van der Waals surface area contributed by atoms with E-state index >= 15 is 0 Å². The van der Waals surface area contributed by atoms with Crippen molar-refractivity contribution in [3.63, 3.8) is 0 Å². The summed E-state index contributed by atoms with van der Waals surface area (Å²) >= 11 is 0. The van der Waals surface area contributed by atoms with E-state index in [0.29, 0.717) is 11.7 Å². The van der Waals surface area contributed by atoms with Crippen LogP contribution in [0.3, 0.4) is 0 Å². The number of aromatic nitrogens is 3. The third-order valence-corrected chi connectivity index (χ3v) is 2.97. The number of piperidine rings is 1. The van der Waals surface area contributed by atoms with E-state index < -0.39 is 0 Å². The molecular weight excluding hydrogens is 216 g/mol. The highest BCUT2D eigenvalue weighted by atomic mass is 16.5. The predicted molar refractivity (Wildman–Crippen MR) is 62.1 cm³/mol. The van der Waals surface area contributed by atoms with E-state index in [2.05, 4.69) is 20.4 Å². The summed E-state index contributed by atoms with van der Waals surface area (Å²) in [7, 11) is 0. The van der Waals surface area contributed by atoms with E-state index in [-0.39, 0.29) is 6.04 Å². The van der Waals surface area contributed by atoms with Crippen molar-refractivity contribution in [1.82, 2.24) is 20.4 Å². The summed E-state index contributed by atoms with van der Waals surface area (Å²) in [6.45, 7) is 1.02. The van der Waals surface area contributed by atoms with Crippen LogP contribution in [0.25, 0.3) is 11.4 Å². The fraction of sp³-hybridized carbons (Fsp3) is 0.417. The molecule has 1 atom stereocenters. The minimum atomic E-state index is 0.210. The van der Waals surface area contributed by atoms with E-state index in [9.17, 15) is 0 Å². The van der Waals surface area contributed by atoms with Crippen molar-refractivity contribution in [3.05, 3.63) is 30.4 Å². The molecule has 1 fully saturated rings. The fourth-order valence-corrected chi connectivity index (χ4v) is 2.05. The monoisotopic (exact) mass is 230 g/mol. The first kappa shape index (κ1) is 10.4. The van der Waals surface area contributed by atoms with E-state index in [1.807, 2.05) is 12.1 Å². The van der Waals surface area contributed by atoms with Crippen molar-refractivity contribution in [2.75, 3.05) is 6.54 Å². The van der Waals surface area contributed by atoms with Gasteiger partial charge in [-0.2, -0.15) is 4.98 Å². The highest BCUT2D eigenvalue weighted by Gasteiger charge is 2.21. The van der Waals surface area contributed by atoms with Crippen molar-refractivity contribution in [2.24, 2.45) is 0 Å². The van der Waals surface area contributed by atoms with Crippen LogP contribution in [-0.2, 0) is 0 Å². The van der Waals surface area contributed by atoms with Crippen LogP contribution >= 0.6 is 0 Å². The van der Waals surface area contributed by atoms with E-state index in [1.54, 1.807) is 12.4 Å². The third-order valence-electron chi connectivity index (χ3n) is 2.97. The molecule has 2 aromatic rings. The SMILES string of the molecule is c1cncc(-c2noc(C3CCCCN3)n2)c1. The molecule has 2 aromatic heterocycles. The Hall–Kier alpha value is -1.75. The molecule has 0 bridgehead atoms. The van der Waals surface area contributed by atoms with Crippen molar-refractivity contribution in [2.45, 2.75) is 25.3 Å².